The van der Waals surface area contributed by atoms with E-state index in [4.69, 9.17) is 9.26 Å². The minimum absolute atomic E-state index is 0.00685. The molecule has 2 fully saturated rings. The highest BCUT2D eigenvalue weighted by atomic mass is 16.5. The van der Waals surface area contributed by atoms with E-state index in [0.29, 0.717) is 44.1 Å². The summed E-state index contributed by atoms with van der Waals surface area (Å²) in [7, 11) is 0. The maximum Gasteiger partial charge on any atom is 0.244 e. The third-order valence-corrected chi connectivity index (χ3v) is 5.77. The molecule has 2 aliphatic rings. The van der Waals surface area contributed by atoms with Crippen molar-refractivity contribution >= 4 is 22.8 Å². The predicted octanol–water partition coefficient (Wildman–Crippen LogP) is 0.953. The van der Waals surface area contributed by atoms with Crippen LogP contribution in [0, 0.1) is 5.92 Å². The standard InChI is InChI=1S/C21H23N5O4/c27-20(8-18-17-4-1-2-5-19(17)30-23-18)26-10-15-9-24(11-16(26)14-29-13-15)21(28)12-25-7-3-6-22-25/h1-7,15-16H,8-14H2/t15-,16-/m0/s1. The summed E-state index contributed by atoms with van der Waals surface area (Å²) in [5.41, 5.74) is 1.32. The summed E-state index contributed by atoms with van der Waals surface area (Å²) >= 11 is 0. The van der Waals surface area contributed by atoms with Gasteiger partial charge in [0.2, 0.25) is 11.8 Å². The summed E-state index contributed by atoms with van der Waals surface area (Å²) < 4.78 is 12.8. The van der Waals surface area contributed by atoms with Gasteiger partial charge in [-0.25, -0.2) is 0 Å². The van der Waals surface area contributed by atoms with Crippen molar-refractivity contribution in [3.05, 3.63) is 48.4 Å². The first-order chi connectivity index (χ1) is 14.7. The summed E-state index contributed by atoms with van der Waals surface area (Å²) in [6.07, 6.45) is 3.60. The Bertz CT molecular complexity index is 1050. The van der Waals surface area contributed by atoms with Gasteiger partial charge >= 0.3 is 0 Å². The van der Waals surface area contributed by atoms with E-state index in [1.807, 2.05) is 34.1 Å². The van der Waals surface area contributed by atoms with E-state index in [0.717, 1.165) is 5.39 Å². The third kappa shape index (κ3) is 3.68. The van der Waals surface area contributed by atoms with Gasteiger partial charge in [0.15, 0.2) is 5.58 Å². The van der Waals surface area contributed by atoms with Crippen LogP contribution >= 0.6 is 0 Å². The maximum atomic E-state index is 13.2. The Morgan fingerprint density at radius 3 is 2.83 bits per heavy atom. The van der Waals surface area contributed by atoms with E-state index in [1.165, 1.54) is 0 Å². The van der Waals surface area contributed by atoms with Crippen molar-refractivity contribution in [1.29, 1.82) is 0 Å². The number of fused-ring (bicyclic) bond motifs is 4. The topological polar surface area (TPSA) is 93.7 Å². The minimum Gasteiger partial charge on any atom is -0.379 e. The molecule has 2 aromatic heterocycles. The third-order valence-electron chi connectivity index (χ3n) is 5.77. The van der Waals surface area contributed by atoms with Gasteiger partial charge in [0.1, 0.15) is 12.2 Å². The number of amides is 2. The smallest absolute Gasteiger partial charge is 0.244 e. The molecule has 9 heteroatoms. The Hall–Kier alpha value is -3.20. The minimum atomic E-state index is -0.176. The van der Waals surface area contributed by atoms with Crippen molar-refractivity contribution in [3.63, 3.8) is 0 Å². The van der Waals surface area contributed by atoms with Crippen molar-refractivity contribution in [2.45, 2.75) is 19.0 Å². The highest BCUT2D eigenvalue weighted by Gasteiger charge is 2.37. The fraction of sp³-hybridized carbons (Fsp3) is 0.429. The molecule has 0 saturated carbocycles. The number of rotatable bonds is 4. The van der Waals surface area contributed by atoms with Crippen LogP contribution in [0.1, 0.15) is 5.69 Å². The molecule has 1 aromatic carbocycles. The molecule has 0 spiro atoms. The lowest BCUT2D eigenvalue weighted by molar-refractivity contribution is -0.137. The summed E-state index contributed by atoms with van der Waals surface area (Å²) in [6.45, 7) is 2.78. The molecule has 0 aliphatic carbocycles. The second-order valence-electron chi connectivity index (χ2n) is 7.91. The van der Waals surface area contributed by atoms with Gasteiger partial charge in [-0.2, -0.15) is 5.10 Å². The quantitative estimate of drug-likeness (QED) is 0.637. The van der Waals surface area contributed by atoms with Crippen LogP contribution in [0.25, 0.3) is 11.0 Å². The summed E-state index contributed by atoms with van der Waals surface area (Å²) in [5, 5.41) is 9.07. The van der Waals surface area contributed by atoms with Gasteiger partial charge in [-0.05, 0) is 18.2 Å². The lowest BCUT2D eigenvalue weighted by atomic mass is 10.1. The van der Waals surface area contributed by atoms with Gasteiger partial charge < -0.3 is 19.1 Å². The molecule has 0 radical (unpaired) electrons. The average molecular weight is 409 g/mol. The van der Waals surface area contributed by atoms with Crippen molar-refractivity contribution in [1.82, 2.24) is 24.7 Å². The Morgan fingerprint density at radius 2 is 1.97 bits per heavy atom. The molecule has 0 N–H and O–H groups in total. The second-order valence-corrected chi connectivity index (χ2v) is 7.91. The van der Waals surface area contributed by atoms with Gasteiger partial charge in [-0.15, -0.1) is 0 Å². The van der Waals surface area contributed by atoms with E-state index < -0.39 is 0 Å². The highest BCUT2D eigenvalue weighted by molar-refractivity contribution is 5.86. The molecular formula is C21H23N5O4. The molecule has 4 heterocycles. The molecule has 2 bridgehead atoms. The summed E-state index contributed by atoms with van der Waals surface area (Å²) in [5.74, 6) is 0.0698. The van der Waals surface area contributed by atoms with Crippen LogP contribution in [0.5, 0.6) is 0 Å². The van der Waals surface area contributed by atoms with E-state index in [2.05, 4.69) is 10.3 Å². The molecule has 30 heavy (non-hydrogen) atoms. The second kappa shape index (κ2) is 7.91. The van der Waals surface area contributed by atoms with Crippen molar-refractivity contribution in [3.8, 4) is 0 Å². The predicted molar refractivity (Wildman–Crippen MR) is 106 cm³/mol. The molecule has 2 saturated heterocycles. The van der Waals surface area contributed by atoms with Crippen LogP contribution in [0.15, 0.2) is 47.2 Å². The van der Waals surface area contributed by atoms with Crippen molar-refractivity contribution in [2.75, 3.05) is 32.8 Å². The average Bonchev–Trinajstić information content (AvgIpc) is 3.28. The first-order valence-corrected chi connectivity index (χ1v) is 10.1. The highest BCUT2D eigenvalue weighted by Crippen LogP contribution is 2.23. The fourth-order valence-corrected chi connectivity index (χ4v) is 4.30. The Morgan fingerprint density at radius 1 is 1.07 bits per heavy atom. The van der Waals surface area contributed by atoms with Gasteiger partial charge in [0, 0.05) is 43.3 Å². The van der Waals surface area contributed by atoms with E-state index in [-0.39, 0.29) is 36.7 Å². The van der Waals surface area contributed by atoms with Gasteiger partial charge in [0.05, 0.1) is 25.7 Å². The Labute approximate surface area is 173 Å². The summed E-state index contributed by atoms with van der Waals surface area (Å²) in [4.78, 5) is 29.7. The van der Waals surface area contributed by atoms with Gasteiger partial charge in [0.25, 0.3) is 0 Å². The van der Waals surface area contributed by atoms with Crippen LogP contribution in [-0.2, 0) is 27.3 Å². The fourth-order valence-electron chi connectivity index (χ4n) is 4.30. The molecule has 5 rings (SSSR count). The van der Waals surface area contributed by atoms with Gasteiger partial charge in [-0.1, -0.05) is 17.3 Å². The number of benzene rings is 1. The van der Waals surface area contributed by atoms with Crippen LogP contribution in [0.2, 0.25) is 0 Å². The zero-order valence-corrected chi connectivity index (χ0v) is 16.5. The normalized spacial score (nSPS) is 21.6. The molecular weight excluding hydrogens is 386 g/mol. The number of hydrogen-bond donors (Lipinski definition) is 0. The molecule has 2 amide bonds. The van der Waals surface area contributed by atoms with Gasteiger partial charge in [-0.3, -0.25) is 14.3 Å². The first-order valence-electron chi connectivity index (χ1n) is 10.1. The van der Waals surface area contributed by atoms with Crippen molar-refractivity contribution in [2.24, 2.45) is 5.92 Å². The Kier molecular flexibility index (Phi) is 4.96. The number of carbonyl (C=O) groups excluding carboxylic acids is 2. The largest absolute Gasteiger partial charge is 0.379 e. The first kappa shape index (κ1) is 18.8. The number of aromatic nitrogens is 3. The lowest BCUT2D eigenvalue weighted by Gasteiger charge is -2.31. The molecule has 3 aromatic rings. The number of nitrogens with zero attached hydrogens (tertiary/aromatic N) is 5. The maximum absolute atomic E-state index is 13.2. The lowest BCUT2D eigenvalue weighted by Crippen LogP contribution is -2.48. The van der Waals surface area contributed by atoms with Crippen LogP contribution in [0.3, 0.4) is 0 Å². The van der Waals surface area contributed by atoms with Crippen LogP contribution in [-0.4, -0.2) is 75.4 Å². The zero-order chi connectivity index (χ0) is 20.5. The van der Waals surface area contributed by atoms with Crippen LogP contribution < -0.4 is 0 Å². The van der Waals surface area contributed by atoms with E-state index in [9.17, 15) is 9.59 Å². The van der Waals surface area contributed by atoms with Crippen LogP contribution in [0.4, 0.5) is 0 Å². The van der Waals surface area contributed by atoms with E-state index >= 15 is 0 Å². The van der Waals surface area contributed by atoms with E-state index in [1.54, 1.807) is 23.1 Å². The van der Waals surface area contributed by atoms with Crippen molar-refractivity contribution < 1.29 is 18.8 Å². The monoisotopic (exact) mass is 409 g/mol. The number of ether oxygens (including phenoxy) is 1. The molecule has 2 atom stereocenters. The molecule has 9 nitrogen and oxygen atoms in total. The SMILES string of the molecule is O=C(Cn1cccn1)N1C[C@@H]2COC[C@H](C1)N(C(=O)Cc1noc3ccccc13)C2. The molecule has 0 unspecified atom stereocenters. The Balaban J connectivity index is 1.32. The number of carbonyl (C=O) groups is 2. The zero-order valence-electron chi connectivity index (χ0n) is 16.5. The molecule has 2 aliphatic heterocycles. The number of hydrogen-bond acceptors (Lipinski definition) is 6. The summed E-state index contributed by atoms with van der Waals surface area (Å²) in [6, 6.07) is 9.16. The molecule has 156 valence electrons. The number of para-hydroxylation sites is 1.